The van der Waals surface area contributed by atoms with Gasteiger partial charge < -0.3 is 14.6 Å². The molecule has 18 heavy (non-hydrogen) atoms. The molecule has 2 heterocycles. The third-order valence-corrected chi connectivity index (χ3v) is 3.91. The fourth-order valence-electron chi connectivity index (χ4n) is 2.60. The molecule has 1 N–H and O–H groups in total. The number of hydrogen-bond acceptors (Lipinski definition) is 2. The van der Waals surface area contributed by atoms with Crippen molar-refractivity contribution in [2.75, 3.05) is 19.7 Å². The lowest BCUT2D eigenvalue weighted by Crippen LogP contribution is -2.16. The van der Waals surface area contributed by atoms with Crippen molar-refractivity contribution in [1.82, 2.24) is 9.88 Å². The summed E-state index contributed by atoms with van der Waals surface area (Å²) >= 11 is 6.25. The van der Waals surface area contributed by atoms with Crippen molar-refractivity contribution in [3.05, 3.63) is 35.0 Å². The van der Waals surface area contributed by atoms with E-state index >= 15 is 0 Å². The molecule has 1 unspecified atom stereocenters. The van der Waals surface area contributed by atoms with E-state index in [-0.39, 0.29) is 6.10 Å². The first kappa shape index (κ1) is 12.0. The molecule has 1 aliphatic rings. The molecular formula is C14H17ClN2O. The SMILES string of the molecule is Cn1c(C2CCNCCO2)cc2c(Cl)cccc21. The zero-order valence-electron chi connectivity index (χ0n) is 10.4. The van der Waals surface area contributed by atoms with E-state index in [4.69, 9.17) is 16.3 Å². The number of ether oxygens (including phenoxy) is 1. The van der Waals surface area contributed by atoms with Crippen LogP contribution in [0.3, 0.4) is 0 Å². The van der Waals surface area contributed by atoms with Crippen molar-refractivity contribution in [3.8, 4) is 0 Å². The zero-order valence-corrected chi connectivity index (χ0v) is 11.2. The van der Waals surface area contributed by atoms with E-state index < -0.39 is 0 Å². The summed E-state index contributed by atoms with van der Waals surface area (Å²) in [5.41, 5.74) is 2.38. The Balaban J connectivity index is 2.06. The molecule has 4 heteroatoms. The lowest BCUT2D eigenvalue weighted by Gasteiger charge is -2.15. The summed E-state index contributed by atoms with van der Waals surface area (Å²) in [5.74, 6) is 0. The summed E-state index contributed by atoms with van der Waals surface area (Å²) < 4.78 is 8.10. The number of rotatable bonds is 1. The Morgan fingerprint density at radius 2 is 2.28 bits per heavy atom. The van der Waals surface area contributed by atoms with Gasteiger partial charge in [-0.3, -0.25) is 0 Å². The van der Waals surface area contributed by atoms with Crippen molar-refractivity contribution in [2.24, 2.45) is 7.05 Å². The van der Waals surface area contributed by atoms with Crippen LogP contribution in [0.15, 0.2) is 24.3 Å². The summed E-state index contributed by atoms with van der Waals surface area (Å²) in [4.78, 5) is 0. The maximum absolute atomic E-state index is 6.25. The number of aryl methyl sites for hydroxylation is 1. The van der Waals surface area contributed by atoms with Gasteiger partial charge in [-0.25, -0.2) is 0 Å². The lowest BCUT2D eigenvalue weighted by atomic mass is 10.1. The number of benzene rings is 1. The van der Waals surface area contributed by atoms with Crippen LogP contribution in [0.25, 0.3) is 10.9 Å². The molecule has 0 bridgehead atoms. The Kier molecular flexibility index (Phi) is 3.29. The highest BCUT2D eigenvalue weighted by Gasteiger charge is 2.19. The smallest absolute Gasteiger partial charge is 0.0987 e. The average Bonchev–Trinajstić information content (AvgIpc) is 2.57. The Labute approximate surface area is 112 Å². The van der Waals surface area contributed by atoms with Gasteiger partial charge in [0.05, 0.1) is 12.7 Å². The fraction of sp³-hybridized carbons (Fsp3) is 0.429. The molecule has 3 rings (SSSR count). The number of fused-ring (bicyclic) bond motifs is 1. The van der Waals surface area contributed by atoms with Gasteiger partial charge in [0.15, 0.2) is 0 Å². The molecule has 0 amide bonds. The van der Waals surface area contributed by atoms with Crippen LogP contribution in [0.2, 0.25) is 5.02 Å². The second-order valence-corrected chi connectivity index (χ2v) is 5.11. The van der Waals surface area contributed by atoms with E-state index in [0.29, 0.717) is 0 Å². The topological polar surface area (TPSA) is 26.2 Å². The van der Waals surface area contributed by atoms with E-state index in [1.165, 1.54) is 11.2 Å². The van der Waals surface area contributed by atoms with Gasteiger partial charge >= 0.3 is 0 Å². The van der Waals surface area contributed by atoms with Crippen LogP contribution in [0.5, 0.6) is 0 Å². The number of nitrogens with zero attached hydrogens (tertiary/aromatic N) is 1. The van der Waals surface area contributed by atoms with Gasteiger partial charge in [-0.15, -0.1) is 0 Å². The molecular weight excluding hydrogens is 248 g/mol. The minimum absolute atomic E-state index is 0.161. The van der Waals surface area contributed by atoms with Crippen molar-refractivity contribution < 1.29 is 4.74 Å². The Morgan fingerprint density at radius 1 is 1.39 bits per heavy atom. The first-order chi connectivity index (χ1) is 8.77. The molecule has 1 aliphatic heterocycles. The second kappa shape index (κ2) is 4.92. The van der Waals surface area contributed by atoms with E-state index in [0.717, 1.165) is 36.5 Å². The largest absolute Gasteiger partial charge is 0.371 e. The van der Waals surface area contributed by atoms with E-state index in [1.54, 1.807) is 0 Å². The number of halogens is 1. The Hall–Kier alpha value is -1.03. The summed E-state index contributed by atoms with van der Waals surface area (Å²) in [6.07, 6.45) is 1.16. The van der Waals surface area contributed by atoms with Gasteiger partial charge in [-0.1, -0.05) is 17.7 Å². The first-order valence-corrected chi connectivity index (χ1v) is 6.71. The van der Waals surface area contributed by atoms with Crippen LogP contribution in [0.1, 0.15) is 18.2 Å². The minimum Gasteiger partial charge on any atom is -0.371 e. The number of aromatic nitrogens is 1. The number of nitrogens with one attached hydrogen (secondary N) is 1. The highest BCUT2D eigenvalue weighted by molar-refractivity contribution is 6.35. The summed E-state index contributed by atoms with van der Waals surface area (Å²) in [6.45, 7) is 2.70. The fourth-order valence-corrected chi connectivity index (χ4v) is 2.83. The lowest BCUT2D eigenvalue weighted by molar-refractivity contribution is 0.0597. The zero-order chi connectivity index (χ0) is 12.5. The molecule has 2 aromatic rings. The third kappa shape index (κ3) is 2.03. The predicted octanol–water partition coefficient (Wildman–Crippen LogP) is 2.88. The monoisotopic (exact) mass is 264 g/mol. The molecule has 1 atom stereocenters. The Bertz CT molecular complexity index is 556. The quantitative estimate of drug-likeness (QED) is 0.857. The molecule has 1 fully saturated rings. The molecule has 0 radical (unpaired) electrons. The molecule has 0 aliphatic carbocycles. The maximum atomic E-state index is 6.25. The van der Waals surface area contributed by atoms with E-state index in [1.807, 2.05) is 12.1 Å². The van der Waals surface area contributed by atoms with Crippen LogP contribution >= 0.6 is 11.6 Å². The second-order valence-electron chi connectivity index (χ2n) is 4.70. The molecule has 96 valence electrons. The highest BCUT2D eigenvalue weighted by Crippen LogP contribution is 2.31. The van der Waals surface area contributed by atoms with Crippen molar-refractivity contribution in [3.63, 3.8) is 0 Å². The summed E-state index contributed by atoms with van der Waals surface area (Å²) in [7, 11) is 2.08. The third-order valence-electron chi connectivity index (χ3n) is 3.58. The van der Waals surface area contributed by atoms with Crippen molar-refractivity contribution in [2.45, 2.75) is 12.5 Å². The van der Waals surface area contributed by atoms with Crippen LogP contribution in [-0.4, -0.2) is 24.3 Å². The van der Waals surface area contributed by atoms with Gasteiger partial charge in [-0.2, -0.15) is 0 Å². The van der Waals surface area contributed by atoms with Crippen molar-refractivity contribution in [1.29, 1.82) is 0 Å². The number of hydrogen-bond donors (Lipinski definition) is 1. The predicted molar refractivity (Wildman–Crippen MR) is 74.1 cm³/mol. The summed E-state index contributed by atoms with van der Waals surface area (Å²) in [6, 6.07) is 8.18. The van der Waals surface area contributed by atoms with Gasteiger partial charge in [0, 0.05) is 35.2 Å². The van der Waals surface area contributed by atoms with Crippen LogP contribution in [0.4, 0.5) is 0 Å². The minimum atomic E-state index is 0.161. The standard InChI is InChI=1S/C14H17ClN2O/c1-17-12-4-2-3-11(15)10(12)9-13(17)14-5-6-16-7-8-18-14/h2-4,9,14,16H,5-8H2,1H3. The molecule has 0 saturated carbocycles. The molecule has 0 spiro atoms. The van der Waals surface area contributed by atoms with Gasteiger partial charge in [-0.05, 0) is 31.2 Å². The van der Waals surface area contributed by atoms with Gasteiger partial charge in [0.25, 0.3) is 0 Å². The van der Waals surface area contributed by atoms with Gasteiger partial charge in [0.1, 0.15) is 0 Å². The first-order valence-electron chi connectivity index (χ1n) is 6.33. The van der Waals surface area contributed by atoms with Crippen LogP contribution in [0, 0.1) is 0 Å². The Morgan fingerprint density at radius 3 is 3.11 bits per heavy atom. The molecule has 1 aromatic carbocycles. The molecule has 1 saturated heterocycles. The van der Waals surface area contributed by atoms with Crippen molar-refractivity contribution >= 4 is 22.5 Å². The van der Waals surface area contributed by atoms with Crippen LogP contribution in [-0.2, 0) is 11.8 Å². The highest BCUT2D eigenvalue weighted by atomic mass is 35.5. The van der Waals surface area contributed by atoms with Gasteiger partial charge in [0.2, 0.25) is 0 Å². The summed E-state index contributed by atoms with van der Waals surface area (Å²) in [5, 5.41) is 5.27. The average molecular weight is 265 g/mol. The maximum Gasteiger partial charge on any atom is 0.0987 e. The van der Waals surface area contributed by atoms with Crippen LogP contribution < -0.4 is 5.32 Å². The van der Waals surface area contributed by atoms with E-state index in [2.05, 4.69) is 29.1 Å². The molecule has 3 nitrogen and oxygen atoms in total. The molecule has 1 aromatic heterocycles. The van der Waals surface area contributed by atoms with E-state index in [9.17, 15) is 0 Å². The normalized spacial score (nSPS) is 21.1.